The van der Waals surface area contributed by atoms with Crippen LogP contribution in [-0.4, -0.2) is 16.1 Å². The average Bonchev–Trinajstić information content (AvgIpc) is 2.51. The van der Waals surface area contributed by atoms with Crippen LogP contribution in [0.1, 0.15) is 25.5 Å². The first-order valence-corrected chi connectivity index (χ1v) is 7.18. The van der Waals surface area contributed by atoms with Gasteiger partial charge in [-0.2, -0.15) is 5.11 Å². The number of nitrogen functional groups attached to an aromatic ring is 1. The zero-order valence-corrected chi connectivity index (χ0v) is 13.0. The molecule has 0 saturated heterocycles. The number of nitrogens with zero attached hydrogens (tertiary/aromatic N) is 3. The van der Waals surface area contributed by atoms with Crippen LogP contribution in [0.5, 0.6) is 11.5 Å². The van der Waals surface area contributed by atoms with Crippen molar-refractivity contribution in [3.05, 3.63) is 36.0 Å². The lowest BCUT2D eigenvalue weighted by molar-refractivity contribution is -0.134. The van der Waals surface area contributed by atoms with Gasteiger partial charge in [-0.25, -0.2) is 4.98 Å². The smallest absolute Gasteiger partial charge is 0.311 e. The topological polar surface area (TPSA) is 110 Å². The molecule has 0 amide bonds. The molecule has 2 aromatic rings. The summed E-state index contributed by atoms with van der Waals surface area (Å²) in [7, 11) is 0. The van der Waals surface area contributed by atoms with Crippen molar-refractivity contribution in [1.29, 1.82) is 0 Å². The van der Waals surface area contributed by atoms with Gasteiger partial charge in [0.25, 0.3) is 0 Å². The molecular formula is C16H18N4O3. The molecule has 0 spiro atoms. The number of hydrogen-bond acceptors (Lipinski definition) is 7. The molecule has 0 aliphatic heterocycles. The maximum atomic E-state index is 11.4. The summed E-state index contributed by atoms with van der Waals surface area (Å²) in [4.78, 5) is 15.4. The third-order valence-corrected chi connectivity index (χ3v) is 2.99. The normalized spacial score (nSPS) is 10.9. The van der Waals surface area contributed by atoms with Gasteiger partial charge in [0.1, 0.15) is 17.2 Å². The number of azo groups is 1. The minimum atomic E-state index is -0.268. The molecule has 7 heteroatoms. The Balaban J connectivity index is 2.09. The second-order valence-corrected chi connectivity index (χ2v) is 4.92. The summed E-state index contributed by atoms with van der Waals surface area (Å²) in [6.45, 7) is 3.55. The number of carbonyl (C=O) groups is 1. The molecule has 2 rings (SSSR count). The van der Waals surface area contributed by atoms with E-state index in [1.54, 1.807) is 31.2 Å². The van der Waals surface area contributed by atoms with Crippen LogP contribution >= 0.6 is 0 Å². The SMILES string of the molecule is CCCC(=O)Oc1ccc(N=Nc2cc(O)c(C)nc2N)cc1. The first-order chi connectivity index (χ1) is 11.0. The van der Waals surface area contributed by atoms with Gasteiger partial charge in [-0.15, -0.1) is 5.11 Å². The van der Waals surface area contributed by atoms with Crippen LogP contribution in [0.15, 0.2) is 40.6 Å². The zero-order valence-electron chi connectivity index (χ0n) is 13.0. The van der Waals surface area contributed by atoms with E-state index in [0.29, 0.717) is 23.6 Å². The molecule has 0 saturated carbocycles. The van der Waals surface area contributed by atoms with Crippen LogP contribution < -0.4 is 10.5 Å². The average molecular weight is 314 g/mol. The van der Waals surface area contributed by atoms with E-state index in [9.17, 15) is 9.90 Å². The summed E-state index contributed by atoms with van der Waals surface area (Å²) in [6, 6.07) is 8.00. The van der Waals surface area contributed by atoms with Crippen LogP contribution in [0.4, 0.5) is 17.2 Å². The van der Waals surface area contributed by atoms with E-state index in [-0.39, 0.29) is 23.2 Å². The van der Waals surface area contributed by atoms with Crippen molar-refractivity contribution < 1.29 is 14.6 Å². The van der Waals surface area contributed by atoms with Crippen molar-refractivity contribution in [1.82, 2.24) is 4.98 Å². The number of benzene rings is 1. The predicted octanol–water partition coefficient (Wildman–Crippen LogP) is 3.80. The Kier molecular flexibility index (Phi) is 5.24. The summed E-state index contributed by atoms with van der Waals surface area (Å²) in [5.74, 6) is 0.382. The van der Waals surface area contributed by atoms with E-state index in [1.165, 1.54) is 6.07 Å². The molecule has 1 aromatic carbocycles. The molecule has 1 heterocycles. The summed E-state index contributed by atoms with van der Waals surface area (Å²) in [5, 5.41) is 17.6. The molecule has 1 aromatic heterocycles. The first-order valence-electron chi connectivity index (χ1n) is 7.18. The largest absolute Gasteiger partial charge is 0.506 e. The standard InChI is InChI=1S/C16H18N4O3/c1-3-4-15(22)23-12-7-5-11(6-8-12)19-20-13-9-14(21)10(2)18-16(13)17/h5-9,21H,3-4H2,1-2H3,(H2,17,18). The van der Waals surface area contributed by atoms with Crippen molar-refractivity contribution in [2.75, 3.05) is 5.73 Å². The fourth-order valence-electron chi connectivity index (χ4n) is 1.76. The lowest BCUT2D eigenvalue weighted by Crippen LogP contribution is -2.06. The molecule has 3 N–H and O–H groups in total. The highest BCUT2D eigenvalue weighted by Crippen LogP contribution is 2.29. The zero-order chi connectivity index (χ0) is 16.8. The molecule has 0 radical (unpaired) electrons. The van der Waals surface area contributed by atoms with Gasteiger partial charge in [0.2, 0.25) is 0 Å². The maximum Gasteiger partial charge on any atom is 0.311 e. The van der Waals surface area contributed by atoms with E-state index in [0.717, 1.165) is 6.42 Å². The number of aromatic hydroxyl groups is 1. The van der Waals surface area contributed by atoms with Gasteiger partial charge in [-0.05, 0) is 37.6 Å². The Morgan fingerprint density at radius 3 is 2.65 bits per heavy atom. The third-order valence-electron chi connectivity index (χ3n) is 2.99. The summed E-state index contributed by atoms with van der Waals surface area (Å²) < 4.78 is 5.15. The highest BCUT2D eigenvalue weighted by molar-refractivity contribution is 5.72. The third kappa shape index (κ3) is 4.50. The number of anilines is 1. The fraction of sp³-hybridized carbons (Fsp3) is 0.250. The van der Waals surface area contributed by atoms with E-state index in [1.807, 2.05) is 6.92 Å². The summed E-state index contributed by atoms with van der Waals surface area (Å²) in [5.41, 5.74) is 7.00. The molecule has 0 aliphatic rings. The Bertz CT molecular complexity index is 727. The maximum absolute atomic E-state index is 11.4. The van der Waals surface area contributed by atoms with Gasteiger partial charge in [0, 0.05) is 12.5 Å². The van der Waals surface area contributed by atoms with Gasteiger partial charge in [0.05, 0.1) is 11.4 Å². The number of nitrogens with two attached hydrogens (primary N) is 1. The number of rotatable bonds is 5. The van der Waals surface area contributed by atoms with Crippen LogP contribution in [0, 0.1) is 6.92 Å². The quantitative estimate of drug-likeness (QED) is 0.495. The number of pyridine rings is 1. The van der Waals surface area contributed by atoms with Gasteiger partial charge < -0.3 is 15.6 Å². The van der Waals surface area contributed by atoms with E-state index in [2.05, 4.69) is 15.2 Å². The van der Waals surface area contributed by atoms with Crippen molar-refractivity contribution >= 4 is 23.2 Å². The number of esters is 1. The number of hydrogen-bond donors (Lipinski definition) is 2. The second-order valence-electron chi connectivity index (χ2n) is 4.92. The van der Waals surface area contributed by atoms with Gasteiger partial charge in [-0.3, -0.25) is 4.79 Å². The van der Waals surface area contributed by atoms with E-state index in [4.69, 9.17) is 10.5 Å². The molecule has 0 fully saturated rings. The number of carbonyl (C=O) groups excluding carboxylic acids is 1. The molecule has 0 aliphatic carbocycles. The van der Waals surface area contributed by atoms with E-state index >= 15 is 0 Å². The van der Waals surface area contributed by atoms with Crippen LogP contribution in [-0.2, 0) is 4.79 Å². The Labute approximate surface area is 133 Å². The van der Waals surface area contributed by atoms with Crippen molar-refractivity contribution in [2.24, 2.45) is 10.2 Å². The van der Waals surface area contributed by atoms with Crippen LogP contribution in [0.3, 0.4) is 0 Å². The summed E-state index contributed by atoms with van der Waals surface area (Å²) in [6.07, 6.45) is 1.12. The molecular weight excluding hydrogens is 296 g/mol. The number of ether oxygens (including phenoxy) is 1. The lowest BCUT2D eigenvalue weighted by Gasteiger charge is -2.03. The lowest BCUT2D eigenvalue weighted by atomic mass is 10.3. The van der Waals surface area contributed by atoms with Crippen molar-refractivity contribution in [2.45, 2.75) is 26.7 Å². The summed E-state index contributed by atoms with van der Waals surface area (Å²) >= 11 is 0. The number of aromatic nitrogens is 1. The molecule has 23 heavy (non-hydrogen) atoms. The van der Waals surface area contributed by atoms with Gasteiger partial charge in [0.15, 0.2) is 5.82 Å². The Morgan fingerprint density at radius 1 is 1.30 bits per heavy atom. The molecule has 0 unspecified atom stereocenters. The molecule has 0 bridgehead atoms. The highest BCUT2D eigenvalue weighted by Gasteiger charge is 2.06. The first kappa shape index (κ1) is 16.4. The second kappa shape index (κ2) is 7.35. The minimum Gasteiger partial charge on any atom is -0.506 e. The van der Waals surface area contributed by atoms with E-state index < -0.39 is 0 Å². The van der Waals surface area contributed by atoms with Crippen LogP contribution in [0.2, 0.25) is 0 Å². The highest BCUT2D eigenvalue weighted by atomic mass is 16.5. The van der Waals surface area contributed by atoms with Crippen LogP contribution in [0.25, 0.3) is 0 Å². The Hall–Kier alpha value is -2.96. The fourth-order valence-corrected chi connectivity index (χ4v) is 1.76. The molecule has 0 atom stereocenters. The number of aryl methyl sites for hydroxylation is 1. The van der Waals surface area contributed by atoms with Crippen molar-refractivity contribution in [3.63, 3.8) is 0 Å². The Morgan fingerprint density at radius 2 is 2.00 bits per heavy atom. The minimum absolute atomic E-state index is 0.00587. The monoisotopic (exact) mass is 314 g/mol. The molecule has 120 valence electrons. The molecule has 7 nitrogen and oxygen atoms in total. The van der Waals surface area contributed by atoms with Gasteiger partial charge >= 0.3 is 5.97 Å². The van der Waals surface area contributed by atoms with Crippen molar-refractivity contribution in [3.8, 4) is 11.5 Å². The van der Waals surface area contributed by atoms with Gasteiger partial charge in [-0.1, -0.05) is 6.92 Å². The predicted molar refractivity (Wildman–Crippen MR) is 86.2 cm³/mol.